The van der Waals surface area contributed by atoms with Crippen molar-refractivity contribution < 1.29 is 12.8 Å². The Morgan fingerprint density at radius 2 is 1.65 bits per heavy atom. The molecule has 0 aliphatic heterocycles. The normalized spacial score (nSPS) is 11.2. The van der Waals surface area contributed by atoms with E-state index in [1.165, 1.54) is 12.1 Å². The minimum Gasteiger partial charge on any atom is -0.388 e. The first-order chi connectivity index (χ1) is 9.42. The smallest absolute Gasteiger partial charge is 0.261 e. The van der Waals surface area contributed by atoms with E-state index in [0.717, 1.165) is 11.8 Å². The van der Waals surface area contributed by atoms with Gasteiger partial charge in [0, 0.05) is 18.4 Å². The number of benzene rings is 2. The van der Waals surface area contributed by atoms with Gasteiger partial charge < -0.3 is 5.32 Å². The summed E-state index contributed by atoms with van der Waals surface area (Å²) >= 11 is 2.98. The summed E-state index contributed by atoms with van der Waals surface area (Å²) in [5.41, 5.74) is 1.27. The highest BCUT2D eigenvalue weighted by Crippen LogP contribution is 2.22. The fraction of sp³-hybridized carbons (Fsp3) is 0.0769. The van der Waals surface area contributed by atoms with Crippen molar-refractivity contribution in [3.8, 4) is 0 Å². The van der Waals surface area contributed by atoms with E-state index in [-0.39, 0.29) is 9.37 Å². The number of hydrogen-bond donors (Lipinski definition) is 2. The molecule has 2 N–H and O–H groups in total. The van der Waals surface area contributed by atoms with Gasteiger partial charge in [0.25, 0.3) is 10.0 Å². The summed E-state index contributed by atoms with van der Waals surface area (Å²) in [6.45, 7) is 0. The molecule has 0 fully saturated rings. The molecular formula is C13H12BrFN2O2S. The summed E-state index contributed by atoms with van der Waals surface area (Å²) in [7, 11) is -2.04. The van der Waals surface area contributed by atoms with E-state index >= 15 is 0 Å². The maximum Gasteiger partial charge on any atom is 0.261 e. The second-order valence-corrected chi connectivity index (χ2v) is 6.55. The Morgan fingerprint density at radius 1 is 1.05 bits per heavy atom. The van der Waals surface area contributed by atoms with Crippen LogP contribution in [-0.2, 0) is 10.0 Å². The lowest BCUT2D eigenvalue weighted by molar-refractivity contribution is 0.593. The number of sulfonamides is 1. The van der Waals surface area contributed by atoms with Gasteiger partial charge in [0.2, 0.25) is 0 Å². The van der Waals surface area contributed by atoms with Crippen LogP contribution in [0.3, 0.4) is 0 Å². The number of hydrogen-bond acceptors (Lipinski definition) is 3. The van der Waals surface area contributed by atoms with Crippen LogP contribution in [0.4, 0.5) is 15.8 Å². The van der Waals surface area contributed by atoms with Gasteiger partial charge in [-0.1, -0.05) is 0 Å². The zero-order valence-electron chi connectivity index (χ0n) is 10.5. The van der Waals surface area contributed by atoms with Crippen LogP contribution in [-0.4, -0.2) is 15.5 Å². The van der Waals surface area contributed by atoms with Gasteiger partial charge in [0.15, 0.2) is 0 Å². The van der Waals surface area contributed by atoms with Crippen molar-refractivity contribution in [3.05, 3.63) is 52.8 Å². The van der Waals surface area contributed by atoms with Gasteiger partial charge in [-0.15, -0.1) is 0 Å². The van der Waals surface area contributed by atoms with Crippen LogP contribution in [0.2, 0.25) is 0 Å². The third kappa shape index (κ3) is 3.29. The summed E-state index contributed by atoms with van der Waals surface area (Å²) in [6.07, 6.45) is 0. The molecule has 0 amide bonds. The molecule has 0 heterocycles. The molecule has 0 spiro atoms. The first-order valence-corrected chi connectivity index (χ1v) is 7.96. The lowest BCUT2D eigenvalue weighted by Gasteiger charge is -2.09. The van der Waals surface area contributed by atoms with Crippen molar-refractivity contribution in [2.75, 3.05) is 17.1 Å². The zero-order valence-corrected chi connectivity index (χ0v) is 12.9. The minimum atomic E-state index is -3.80. The summed E-state index contributed by atoms with van der Waals surface area (Å²) in [4.78, 5) is -0.129. The number of nitrogens with one attached hydrogen (secondary N) is 2. The molecule has 2 rings (SSSR count). The molecule has 0 radical (unpaired) electrons. The van der Waals surface area contributed by atoms with Gasteiger partial charge in [-0.3, -0.25) is 4.72 Å². The molecule has 4 nitrogen and oxygen atoms in total. The number of anilines is 2. The fourth-order valence-corrected chi connectivity index (χ4v) is 2.88. The molecule has 0 saturated carbocycles. The SMILES string of the molecule is CNc1ccc(NS(=O)(=O)c2ccc(Br)c(F)c2)cc1. The molecule has 7 heteroatoms. The van der Waals surface area contributed by atoms with Gasteiger partial charge in [0.1, 0.15) is 5.82 Å². The highest BCUT2D eigenvalue weighted by molar-refractivity contribution is 9.10. The van der Waals surface area contributed by atoms with E-state index in [9.17, 15) is 12.8 Å². The molecule has 0 atom stereocenters. The third-order valence-corrected chi connectivity index (χ3v) is 4.65. The first kappa shape index (κ1) is 14.8. The van der Waals surface area contributed by atoms with Crippen LogP contribution in [0.25, 0.3) is 0 Å². The van der Waals surface area contributed by atoms with Crippen LogP contribution in [0.1, 0.15) is 0 Å². The van der Waals surface area contributed by atoms with E-state index in [4.69, 9.17) is 0 Å². The lowest BCUT2D eigenvalue weighted by Crippen LogP contribution is -2.13. The summed E-state index contributed by atoms with van der Waals surface area (Å²) in [5, 5.41) is 2.93. The van der Waals surface area contributed by atoms with Crippen molar-refractivity contribution >= 4 is 37.3 Å². The van der Waals surface area contributed by atoms with Crippen LogP contribution in [0.5, 0.6) is 0 Å². The van der Waals surface area contributed by atoms with Gasteiger partial charge in [-0.2, -0.15) is 0 Å². The van der Waals surface area contributed by atoms with Gasteiger partial charge in [-0.25, -0.2) is 12.8 Å². The van der Waals surface area contributed by atoms with Crippen LogP contribution < -0.4 is 10.0 Å². The van der Waals surface area contributed by atoms with Crippen LogP contribution in [0, 0.1) is 5.82 Å². The quantitative estimate of drug-likeness (QED) is 0.880. The molecule has 2 aromatic carbocycles. The molecule has 0 unspecified atom stereocenters. The average Bonchev–Trinajstić information content (AvgIpc) is 2.42. The second-order valence-electron chi connectivity index (χ2n) is 4.01. The maximum absolute atomic E-state index is 13.4. The molecule has 0 aromatic heterocycles. The summed E-state index contributed by atoms with van der Waals surface area (Å²) in [5.74, 6) is -0.626. The molecule has 0 aliphatic carbocycles. The Balaban J connectivity index is 2.27. The van der Waals surface area contributed by atoms with E-state index in [2.05, 4.69) is 26.0 Å². The topological polar surface area (TPSA) is 58.2 Å². The highest BCUT2D eigenvalue weighted by Gasteiger charge is 2.16. The summed E-state index contributed by atoms with van der Waals surface area (Å²) in [6, 6.07) is 10.4. The minimum absolute atomic E-state index is 0.129. The average molecular weight is 359 g/mol. The van der Waals surface area contributed by atoms with E-state index in [1.807, 2.05) is 0 Å². The Bertz CT molecular complexity index is 718. The molecule has 20 heavy (non-hydrogen) atoms. The molecule has 0 saturated heterocycles. The van der Waals surface area contributed by atoms with Crippen LogP contribution >= 0.6 is 15.9 Å². The third-order valence-electron chi connectivity index (χ3n) is 2.63. The Morgan fingerprint density at radius 3 is 2.20 bits per heavy atom. The number of halogens is 2. The maximum atomic E-state index is 13.4. The highest BCUT2D eigenvalue weighted by atomic mass is 79.9. The lowest BCUT2D eigenvalue weighted by atomic mass is 10.3. The van der Waals surface area contributed by atoms with Crippen molar-refractivity contribution in [1.29, 1.82) is 0 Å². The van der Waals surface area contributed by atoms with Gasteiger partial charge in [-0.05, 0) is 58.4 Å². The second kappa shape index (κ2) is 5.80. The fourth-order valence-electron chi connectivity index (χ4n) is 1.56. The molecule has 0 aliphatic rings. The largest absolute Gasteiger partial charge is 0.388 e. The molecular weight excluding hydrogens is 347 g/mol. The molecule has 106 valence electrons. The van der Waals surface area contributed by atoms with E-state index < -0.39 is 15.8 Å². The van der Waals surface area contributed by atoms with Gasteiger partial charge in [0.05, 0.1) is 9.37 Å². The Kier molecular flexibility index (Phi) is 4.29. The van der Waals surface area contributed by atoms with E-state index in [0.29, 0.717) is 5.69 Å². The number of rotatable bonds is 4. The first-order valence-electron chi connectivity index (χ1n) is 5.68. The monoisotopic (exact) mass is 358 g/mol. The van der Waals surface area contributed by atoms with Crippen molar-refractivity contribution in [2.45, 2.75) is 4.90 Å². The standard InChI is InChI=1S/C13H12BrFN2O2S/c1-16-9-2-4-10(5-3-9)17-20(18,19)11-6-7-12(14)13(15)8-11/h2-8,16-17H,1H3. The zero-order chi connectivity index (χ0) is 14.8. The van der Waals surface area contributed by atoms with E-state index in [1.54, 1.807) is 31.3 Å². The Labute approximate surface area is 125 Å². The Hall–Kier alpha value is -1.60. The predicted molar refractivity (Wildman–Crippen MR) is 80.9 cm³/mol. The molecule has 0 bridgehead atoms. The summed E-state index contributed by atoms with van der Waals surface area (Å²) < 4.78 is 40.2. The van der Waals surface area contributed by atoms with Gasteiger partial charge >= 0.3 is 0 Å². The molecule has 2 aromatic rings. The van der Waals surface area contributed by atoms with Crippen molar-refractivity contribution in [3.63, 3.8) is 0 Å². The predicted octanol–water partition coefficient (Wildman–Crippen LogP) is 3.43. The van der Waals surface area contributed by atoms with Crippen LogP contribution in [0.15, 0.2) is 51.8 Å². The van der Waals surface area contributed by atoms with Crippen molar-refractivity contribution in [1.82, 2.24) is 0 Å². The van der Waals surface area contributed by atoms with Crippen molar-refractivity contribution in [2.24, 2.45) is 0 Å².